The second-order valence-corrected chi connectivity index (χ2v) is 4.98. The van der Waals surface area contributed by atoms with E-state index in [0.29, 0.717) is 28.8 Å². The average molecular weight is 351 g/mol. The Bertz CT molecular complexity index is 771. The molecule has 2 aromatic carbocycles. The molecule has 0 saturated carbocycles. The molecule has 0 unspecified atom stereocenters. The molecule has 0 aliphatic carbocycles. The van der Waals surface area contributed by atoms with Crippen LogP contribution in [0.25, 0.3) is 5.70 Å². The fourth-order valence-corrected chi connectivity index (χ4v) is 2.09. The van der Waals surface area contributed by atoms with Gasteiger partial charge in [0.2, 0.25) is 0 Å². The molecule has 0 atom stereocenters. The van der Waals surface area contributed by atoms with Crippen LogP contribution in [0.2, 0.25) is 0 Å². The molecular formula is C18H16F3NO3. The van der Waals surface area contributed by atoms with Crippen LogP contribution in [0.5, 0.6) is 11.5 Å². The van der Waals surface area contributed by atoms with Crippen molar-refractivity contribution in [2.75, 3.05) is 19.5 Å². The molecule has 0 heterocycles. The van der Waals surface area contributed by atoms with Gasteiger partial charge in [0.25, 0.3) is 5.78 Å². The van der Waals surface area contributed by atoms with E-state index in [1.54, 1.807) is 48.5 Å². The van der Waals surface area contributed by atoms with Crippen molar-refractivity contribution >= 4 is 17.2 Å². The predicted octanol–water partition coefficient (Wildman–Crippen LogP) is 4.29. The molecule has 1 N–H and O–H groups in total. The van der Waals surface area contributed by atoms with E-state index in [0.717, 1.165) is 0 Å². The van der Waals surface area contributed by atoms with Crippen LogP contribution in [0.15, 0.2) is 54.6 Å². The normalized spacial score (nSPS) is 11.8. The SMILES string of the molecule is COc1ccc(N/C(=C\C(=O)C(F)(F)F)c2ccccc2)cc1OC. The second kappa shape index (κ2) is 7.74. The van der Waals surface area contributed by atoms with Crippen molar-refractivity contribution in [3.63, 3.8) is 0 Å². The van der Waals surface area contributed by atoms with Gasteiger partial charge in [-0.05, 0) is 17.7 Å². The monoisotopic (exact) mass is 351 g/mol. The van der Waals surface area contributed by atoms with Gasteiger partial charge in [0.1, 0.15) is 0 Å². The van der Waals surface area contributed by atoms with E-state index in [4.69, 9.17) is 9.47 Å². The number of carbonyl (C=O) groups excluding carboxylic acids is 1. The van der Waals surface area contributed by atoms with Crippen LogP contribution in [0, 0.1) is 0 Å². The summed E-state index contributed by atoms with van der Waals surface area (Å²) in [4.78, 5) is 11.4. The van der Waals surface area contributed by atoms with E-state index < -0.39 is 12.0 Å². The van der Waals surface area contributed by atoms with E-state index in [1.165, 1.54) is 14.2 Å². The number of ketones is 1. The molecule has 0 aromatic heterocycles. The minimum absolute atomic E-state index is 0.0233. The van der Waals surface area contributed by atoms with Crippen LogP contribution >= 0.6 is 0 Å². The molecule has 2 rings (SSSR count). The van der Waals surface area contributed by atoms with Gasteiger partial charge in [-0.3, -0.25) is 4.79 Å². The topological polar surface area (TPSA) is 47.6 Å². The summed E-state index contributed by atoms with van der Waals surface area (Å²) in [6.07, 6.45) is -4.41. The maximum absolute atomic E-state index is 12.6. The third-order valence-electron chi connectivity index (χ3n) is 3.30. The van der Waals surface area contributed by atoms with Crippen LogP contribution in [-0.4, -0.2) is 26.2 Å². The van der Waals surface area contributed by atoms with E-state index in [2.05, 4.69) is 5.32 Å². The highest BCUT2D eigenvalue weighted by molar-refractivity contribution is 6.02. The van der Waals surface area contributed by atoms with Gasteiger partial charge in [-0.15, -0.1) is 0 Å². The molecule has 132 valence electrons. The van der Waals surface area contributed by atoms with Crippen LogP contribution in [0.1, 0.15) is 5.56 Å². The smallest absolute Gasteiger partial charge is 0.454 e. The first kappa shape index (κ1) is 18.4. The Balaban J connectivity index is 2.41. The lowest BCUT2D eigenvalue weighted by Gasteiger charge is -2.14. The highest BCUT2D eigenvalue weighted by Gasteiger charge is 2.36. The number of hydrogen-bond donors (Lipinski definition) is 1. The predicted molar refractivity (Wildman–Crippen MR) is 88.6 cm³/mol. The molecule has 25 heavy (non-hydrogen) atoms. The molecule has 0 radical (unpaired) electrons. The third kappa shape index (κ3) is 4.76. The van der Waals surface area contributed by atoms with Gasteiger partial charge >= 0.3 is 6.18 Å². The Labute approximate surface area is 142 Å². The molecule has 0 amide bonds. The van der Waals surface area contributed by atoms with E-state index >= 15 is 0 Å². The van der Waals surface area contributed by atoms with Gasteiger partial charge in [0, 0.05) is 23.5 Å². The minimum Gasteiger partial charge on any atom is -0.493 e. The lowest BCUT2D eigenvalue weighted by atomic mass is 10.1. The van der Waals surface area contributed by atoms with Crippen LogP contribution < -0.4 is 14.8 Å². The first-order valence-corrected chi connectivity index (χ1v) is 7.22. The van der Waals surface area contributed by atoms with Crippen molar-refractivity contribution in [3.8, 4) is 11.5 Å². The lowest BCUT2D eigenvalue weighted by molar-refractivity contribution is -0.165. The summed E-state index contributed by atoms with van der Waals surface area (Å²) in [5, 5.41) is 2.83. The zero-order valence-electron chi connectivity index (χ0n) is 13.6. The second-order valence-electron chi connectivity index (χ2n) is 4.98. The van der Waals surface area contributed by atoms with Crippen LogP contribution in [0.4, 0.5) is 18.9 Å². The molecule has 0 saturated heterocycles. The average Bonchev–Trinajstić information content (AvgIpc) is 2.60. The number of anilines is 1. The van der Waals surface area contributed by atoms with Crippen molar-refractivity contribution in [3.05, 3.63) is 60.2 Å². The first-order chi connectivity index (χ1) is 11.8. The Morgan fingerprint density at radius 3 is 2.20 bits per heavy atom. The molecule has 0 bridgehead atoms. The maximum Gasteiger partial charge on any atom is 0.454 e. The minimum atomic E-state index is -4.95. The highest BCUT2D eigenvalue weighted by atomic mass is 19.4. The largest absolute Gasteiger partial charge is 0.493 e. The summed E-state index contributed by atoms with van der Waals surface area (Å²) in [6.45, 7) is 0. The highest BCUT2D eigenvalue weighted by Crippen LogP contribution is 2.31. The van der Waals surface area contributed by atoms with Crippen molar-refractivity contribution in [2.24, 2.45) is 0 Å². The van der Waals surface area contributed by atoms with E-state index in [9.17, 15) is 18.0 Å². The van der Waals surface area contributed by atoms with E-state index in [-0.39, 0.29) is 5.70 Å². The summed E-state index contributed by atoms with van der Waals surface area (Å²) in [5.41, 5.74) is 0.910. The Kier molecular flexibility index (Phi) is 5.69. The molecule has 0 aliphatic heterocycles. The van der Waals surface area contributed by atoms with Crippen molar-refractivity contribution in [2.45, 2.75) is 6.18 Å². The van der Waals surface area contributed by atoms with Gasteiger partial charge < -0.3 is 14.8 Å². The van der Waals surface area contributed by atoms with Gasteiger partial charge in [-0.2, -0.15) is 13.2 Å². The Morgan fingerprint density at radius 2 is 1.64 bits per heavy atom. The number of halogens is 3. The number of nitrogens with one attached hydrogen (secondary N) is 1. The van der Waals surface area contributed by atoms with Gasteiger partial charge in [-0.1, -0.05) is 30.3 Å². The quantitative estimate of drug-likeness (QED) is 0.789. The first-order valence-electron chi connectivity index (χ1n) is 7.22. The van der Waals surface area contributed by atoms with Gasteiger partial charge in [0.15, 0.2) is 11.5 Å². The Morgan fingerprint density at radius 1 is 1.00 bits per heavy atom. The Hall–Kier alpha value is -2.96. The molecule has 0 fully saturated rings. The van der Waals surface area contributed by atoms with Crippen LogP contribution in [-0.2, 0) is 4.79 Å². The maximum atomic E-state index is 12.6. The fraction of sp³-hybridized carbons (Fsp3) is 0.167. The van der Waals surface area contributed by atoms with E-state index in [1.807, 2.05) is 0 Å². The summed E-state index contributed by atoms with van der Waals surface area (Å²) < 4.78 is 48.2. The number of hydrogen-bond acceptors (Lipinski definition) is 4. The molecular weight excluding hydrogens is 335 g/mol. The number of methoxy groups -OCH3 is 2. The molecule has 0 aliphatic rings. The number of rotatable bonds is 6. The molecule has 4 nitrogen and oxygen atoms in total. The lowest BCUT2D eigenvalue weighted by Crippen LogP contribution is -2.21. The summed E-state index contributed by atoms with van der Waals surface area (Å²) in [6, 6.07) is 13.0. The summed E-state index contributed by atoms with van der Waals surface area (Å²) in [7, 11) is 2.92. The zero-order valence-corrected chi connectivity index (χ0v) is 13.6. The molecule has 2 aromatic rings. The number of allylic oxidation sites excluding steroid dienone is 1. The molecule has 7 heteroatoms. The van der Waals surface area contributed by atoms with Crippen molar-refractivity contribution < 1.29 is 27.4 Å². The number of carbonyl (C=O) groups is 1. The third-order valence-corrected chi connectivity index (χ3v) is 3.30. The van der Waals surface area contributed by atoms with Crippen LogP contribution in [0.3, 0.4) is 0 Å². The van der Waals surface area contributed by atoms with Gasteiger partial charge in [-0.25, -0.2) is 0 Å². The molecule has 0 spiro atoms. The standard InChI is InChI=1S/C18H16F3NO3/c1-24-15-9-8-13(10-16(15)25-2)22-14(11-17(23)18(19,20)21)12-6-4-3-5-7-12/h3-11,22H,1-2H3/b14-11-. The number of ether oxygens (including phenoxy) is 2. The fourth-order valence-electron chi connectivity index (χ4n) is 2.09. The van der Waals surface area contributed by atoms with Crippen molar-refractivity contribution in [1.29, 1.82) is 0 Å². The summed E-state index contributed by atoms with van der Waals surface area (Å²) in [5.74, 6) is -1.06. The zero-order chi connectivity index (χ0) is 18.4. The number of benzene rings is 2. The number of alkyl halides is 3. The summed E-state index contributed by atoms with van der Waals surface area (Å²) >= 11 is 0. The van der Waals surface area contributed by atoms with Crippen molar-refractivity contribution in [1.82, 2.24) is 0 Å². The van der Waals surface area contributed by atoms with Gasteiger partial charge in [0.05, 0.1) is 14.2 Å².